The first-order valence-electron chi connectivity index (χ1n) is 5.78. The number of oxazole rings is 1. The number of aryl methyl sites for hydroxylation is 1. The zero-order valence-corrected chi connectivity index (χ0v) is 10.6. The Morgan fingerprint density at radius 1 is 1.42 bits per heavy atom. The van der Waals surface area contributed by atoms with Gasteiger partial charge in [0.25, 0.3) is 0 Å². The lowest BCUT2D eigenvalue weighted by Crippen LogP contribution is -2.19. The van der Waals surface area contributed by atoms with E-state index in [4.69, 9.17) is 14.4 Å². The number of benzene rings is 1. The molecule has 2 aromatic rings. The van der Waals surface area contributed by atoms with E-state index < -0.39 is 5.91 Å². The molecule has 2 N–H and O–H groups in total. The van der Waals surface area contributed by atoms with E-state index in [1.807, 2.05) is 6.92 Å². The summed E-state index contributed by atoms with van der Waals surface area (Å²) >= 11 is 0. The van der Waals surface area contributed by atoms with Crippen molar-refractivity contribution in [1.29, 1.82) is 0 Å². The number of carbonyl (C=O) groups is 1. The number of rotatable bonds is 4. The Bertz CT molecular complexity index is 575. The fourth-order valence-corrected chi connectivity index (χ4v) is 1.68. The summed E-state index contributed by atoms with van der Waals surface area (Å²) in [5.41, 5.74) is 2.77. The summed E-state index contributed by atoms with van der Waals surface area (Å²) in [5, 5.41) is 8.65. The fraction of sp³-hybridized carbons (Fsp3) is 0.231. The number of methoxy groups -OCH3 is 1. The molecule has 0 spiro atoms. The summed E-state index contributed by atoms with van der Waals surface area (Å²) in [6.45, 7) is 1.85. The topological polar surface area (TPSA) is 84.6 Å². The van der Waals surface area contributed by atoms with E-state index in [0.717, 1.165) is 11.3 Å². The Kier molecular flexibility index (Phi) is 3.82. The maximum absolute atomic E-state index is 11.4. The minimum absolute atomic E-state index is 0.0239. The van der Waals surface area contributed by atoms with Crippen LogP contribution in [0, 0.1) is 0 Å². The molecule has 0 unspecified atom stereocenters. The largest absolute Gasteiger partial charge is 0.497 e. The Balaban J connectivity index is 2.39. The second-order valence-electron chi connectivity index (χ2n) is 3.82. The van der Waals surface area contributed by atoms with Crippen molar-refractivity contribution in [3.05, 3.63) is 35.7 Å². The second-order valence-corrected chi connectivity index (χ2v) is 3.82. The number of carbonyl (C=O) groups excluding carboxylic acids is 1. The number of aromatic nitrogens is 1. The molecule has 0 radical (unpaired) electrons. The molecule has 1 aromatic carbocycles. The number of hydrogen-bond donors (Lipinski definition) is 2. The van der Waals surface area contributed by atoms with Gasteiger partial charge in [-0.1, -0.05) is 6.92 Å². The molecule has 0 fully saturated rings. The van der Waals surface area contributed by atoms with Gasteiger partial charge in [-0.2, -0.15) is 0 Å². The minimum Gasteiger partial charge on any atom is -0.497 e. The normalized spacial score (nSPS) is 10.3. The number of nitrogens with zero attached hydrogens (tertiary/aromatic N) is 1. The van der Waals surface area contributed by atoms with Gasteiger partial charge < -0.3 is 9.15 Å². The first-order valence-corrected chi connectivity index (χ1v) is 5.78. The quantitative estimate of drug-likeness (QED) is 0.650. The first-order chi connectivity index (χ1) is 9.19. The first kappa shape index (κ1) is 13.1. The van der Waals surface area contributed by atoms with Crippen molar-refractivity contribution in [3.63, 3.8) is 0 Å². The molecule has 0 atom stereocenters. The van der Waals surface area contributed by atoms with E-state index in [2.05, 4.69) is 4.98 Å². The molecule has 19 heavy (non-hydrogen) atoms. The second kappa shape index (κ2) is 5.53. The van der Waals surface area contributed by atoms with Crippen LogP contribution in [0.3, 0.4) is 0 Å². The highest BCUT2D eigenvalue weighted by atomic mass is 16.5. The lowest BCUT2D eigenvalue weighted by Gasteiger charge is -1.99. The Hall–Kier alpha value is -2.34. The average Bonchev–Trinajstić information content (AvgIpc) is 2.90. The number of amides is 1. The van der Waals surface area contributed by atoms with Gasteiger partial charge in [-0.25, -0.2) is 10.5 Å². The van der Waals surface area contributed by atoms with Crippen LogP contribution in [0.1, 0.15) is 23.2 Å². The molecule has 0 saturated heterocycles. The smallest absolute Gasteiger partial charge is 0.312 e. The maximum atomic E-state index is 11.4. The SMILES string of the molecule is CCc1nc(-c2ccc(OC)cc2)oc1C(=O)NO. The van der Waals surface area contributed by atoms with Gasteiger partial charge in [0.2, 0.25) is 11.7 Å². The van der Waals surface area contributed by atoms with E-state index in [1.165, 1.54) is 0 Å². The highest BCUT2D eigenvalue weighted by molar-refractivity contribution is 5.92. The molecule has 1 aromatic heterocycles. The van der Waals surface area contributed by atoms with Gasteiger partial charge in [-0.3, -0.25) is 10.0 Å². The number of hydroxylamine groups is 1. The van der Waals surface area contributed by atoms with Crippen LogP contribution in [-0.2, 0) is 6.42 Å². The lowest BCUT2D eigenvalue weighted by molar-refractivity contribution is 0.0675. The van der Waals surface area contributed by atoms with Gasteiger partial charge in [0.05, 0.1) is 12.8 Å². The van der Waals surface area contributed by atoms with Crippen LogP contribution in [0.5, 0.6) is 5.75 Å². The van der Waals surface area contributed by atoms with Crippen molar-refractivity contribution >= 4 is 5.91 Å². The van der Waals surface area contributed by atoms with Crippen molar-refractivity contribution in [1.82, 2.24) is 10.5 Å². The molecule has 6 nitrogen and oxygen atoms in total. The third-order valence-electron chi connectivity index (χ3n) is 2.68. The molecule has 0 aliphatic rings. The molecular formula is C13H14N2O4. The molecule has 0 aliphatic heterocycles. The van der Waals surface area contributed by atoms with E-state index in [9.17, 15) is 4.79 Å². The lowest BCUT2D eigenvalue weighted by atomic mass is 10.2. The van der Waals surface area contributed by atoms with Gasteiger partial charge in [0.15, 0.2) is 0 Å². The third kappa shape index (κ3) is 2.58. The molecule has 0 aliphatic carbocycles. The van der Waals surface area contributed by atoms with Crippen molar-refractivity contribution in [2.75, 3.05) is 7.11 Å². The van der Waals surface area contributed by atoms with Crippen LogP contribution in [-0.4, -0.2) is 23.2 Å². The van der Waals surface area contributed by atoms with Crippen molar-refractivity contribution in [2.45, 2.75) is 13.3 Å². The highest BCUT2D eigenvalue weighted by Crippen LogP contribution is 2.24. The predicted molar refractivity (Wildman–Crippen MR) is 67.1 cm³/mol. The summed E-state index contributed by atoms with van der Waals surface area (Å²) in [7, 11) is 1.58. The molecular weight excluding hydrogens is 248 g/mol. The standard InChI is InChI=1S/C13H14N2O4/c1-3-10-11(12(16)15-17)19-13(14-10)8-4-6-9(18-2)7-5-8/h4-7,17H,3H2,1-2H3,(H,15,16). The zero-order valence-electron chi connectivity index (χ0n) is 10.6. The van der Waals surface area contributed by atoms with Crippen LogP contribution < -0.4 is 10.2 Å². The molecule has 6 heteroatoms. The minimum atomic E-state index is -0.705. The summed E-state index contributed by atoms with van der Waals surface area (Å²) in [5.74, 6) is 0.373. The zero-order chi connectivity index (χ0) is 13.8. The fourth-order valence-electron chi connectivity index (χ4n) is 1.68. The Morgan fingerprint density at radius 3 is 2.63 bits per heavy atom. The maximum Gasteiger partial charge on any atom is 0.312 e. The average molecular weight is 262 g/mol. The van der Waals surface area contributed by atoms with Crippen LogP contribution in [0.25, 0.3) is 11.5 Å². The van der Waals surface area contributed by atoms with Gasteiger partial charge in [-0.05, 0) is 30.7 Å². The van der Waals surface area contributed by atoms with Gasteiger partial charge in [0, 0.05) is 5.56 Å². The van der Waals surface area contributed by atoms with E-state index in [0.29, 0.717) is 18.0 Å². The summed E-state index contributed by atoms with van der Waals surface area (Å²) in [6, 6.07) is 7.11. The van der Waals surface area contributed by atoms with Crippen molar-refractivity contribution in [2.24, 2.45) is 0 Å². The van der Waals surface area contributed by atoms with Crippen LogP contribution in [0.15, 0.2) is 28.7 Å². The number of ether oxygens (including phenoxy) is 1. The Morgan fingerprint density at radius 2 is 2.11 bits per heavy atom. The number of hydrogen-bond acceptors (Lipinski definition) is 5. The van der Waals surface area contributed by atoms with Gasteiger partial charge in [-0.15, -0.1) is 0 Å². The van der Waals surface area contributed by atoms with Gasteiger partial charge in [0.1, 0.15) is 5.75 Å². The number of nitrogens with one attached hydrogen (secondary N) is 1. The molecule has 100 valence electrons. The van der Waals surface area contributed by atoms with Crippen LogP contribution in [0.2, 0.25) is 0 Å². The molecule has 0 bridgehead atoms. The van der Waals surface area contributed by atoms with Crippen molar-refractivity contribution in [3.8, 4) is 17.2 Å². The third-order valence-corrected chi connectivity index (χ3v) is 2.68. The molecule has 0 saturated carbocycles. The summed E-state index contributed by atoms with van der Waals surface area (Å²) < 4.78 is 10.5. The van der Waals surface area contributed by atoms with Gasteiger partial charge >= 0.3 is 5.91 Å². The Labute approximate surface area is 110 Å². The molecule has 2 rings (SSSR count). The van der Waals surface area contributed by atoms with Crippen LogP contribution in [0.4, 0.5) is 0 Å². The molecule has 1 heterocycles. The highest BCUT2D eigenvalue weighted by Gasteiger charge is 2.19. The van der Waals surface area contributed by atoms with E-state index >= 15 is 0 Å². The van der Waals surface area contributed by atoms with E-state index in [-0.39, 0.29) is 5.76 Å². The summed E-state index contributed by atoms with van der Waals surface area (Å²) in [6.07, 6.45) is 0.530. The monoisotopic (exact) mass is 262 g/mol. The van der Waals surface area contributed by atoms with Crippen LogP contribution >= 0.6 is 0 Å². The predicted octanol–water partition coefficient (Wildman–Crippen LogP) is 2.03. The summed E-state index contributed by atoms with van der Waals surface area (Å²) in [4.78, 5) is 15.7. The van der Waals surface area contributed by atoms with E-state index in [1.54, 1.807) is 36.9 Å². The molecule has 1 amide bonds. The van der Waals surface area contributed by atoms with Crippen molar-refractivity contribution < 1.29 is 19.2 Å².